The van der Waals surface area contributed by atoms with Crippen molar-refractivity contribution in [3.63, 3.8) is 0 Å². The molecule has 0 aliphatic carbocycles. The predicted molar refractivity (Wildman–Crippen MR) is 279 cm³/mol. The number of sulfonamides is 2. The zero-order chi connectivity index (χ0) is 48.3. The van der Waals surface area contributed by atoms with Crippen molar-refractivity contribution in [3.8, 4) is 0 Å². The smallest absolute Gasteiger partial charge is 0.263 e. The van der Waals surface area contributed by atoms with Crippen LogP contribution in [0, 0.1) is 19.7 Å². The first kappa shape index (κ1) is 48.1. The Morgan fingerprint density at radius 2 is 0.986 bits per heavy atom. The fourth-order valence-corrected chi connectivity index (χ4v) is 12.8. The van der Waals surface area contributed by atoms with E-state index in [0.29, 0.717) is 35.5 Å². The number of rotatable bonds is 12. The maximum atomic E-state index is 13.5. The Kier molecular flexibility index (Phi) is 14.3. The van der Waals surface area contributed by atoms with Gasteiger partial charge in [0.05, 0.1) is 21.9 Å². The Balaban J connectivity index is 0.000000257. The molecular weight excluding hydrogens is 960 g/mol. The van der Waals surface area contributed by atoms with Gasteiger partial charge in [0.25, 0.3) is 20.0 Å². The number of carbonyl (C=O) groups excluding carboxylic acids is 2. The van der Waals surface area contributed by atoms with Crippen LogP contribution in [0.25, 0.3) is 0 Å². The molecule has 6 aromatic rings. The number of nitrogens with zero attached hydrogens (tertiary/aromatic N) is 8. The number of piperazine rings is 2. The molecule has 0 saturated carbocycles. The molecule has 4 saturated heterocycles. The molecule has 4 aliphatic rings. The number of halogens is 1. The van der Waals surface area contributed by atoms with Gasteiger partial charge in [-0.2, -0.15) is 0 Å². The van der Waals surface area contributed by atoms with Gasteiger partial charge in [0.2, 0.25) is 11.8 Å². The third-order valence-electron chi connectivity index (χ3n) is 13.1. The molecule has 2 aromatic heterocycles. The molecule has 0 radical (unpaired) electrons. The zero-order valence-electron chi connectivity index (χ0n) is 38.1. The summed E-state index contributed by atoms with van der Waals surface area (Å²) in [5.74, 6) is -0.142. The molecule has 2 amide bonds. The summed E-state index contributed by atoms with van der Waals surface area (Å²) in [7, 11) is -7.45. The van der Waals surface area contributed by atoms with Gasteiger partial charge in [0.15, 0.2) is 10.3 Å². The Labute approximate surface area is 416 Å². The fraction of sp³-hybridized carbons (Fsp3) is 0.333. The molecule has 4 aliphatic heterocycles. The lowest BCUT2D eigenvalue weighted by Gasteiger charge is -2.38. The lowest BCUT2D eigenvalue weighted by atomic mass is 10.1. The lowest BCUT2D eigenvalue weighted by molar-refractivity contribution is -0.122. The summed E-state index contributed by atoms with van der Waals surface area (Å²) in [4.78, 5) is 47.1. The average molecular weight is 1020 g/mol. The second-order valence-electron chi connectivity index (χ2n) is 17.3. The first-order valence-electron chi connectivity index (χ1n) is 22.7. The van der Waals surface area contributed by atoms with Crippen LogP contribution in [0.2, 0.25) is 0 Å². The van der Waals surface area contributed by atoms with Gasteiger partial charge in [-0.05, 0) is 117 Å². The SMILES string of the molecule is Cc1ccc(N2CCN([C@H]3CCN(c4ccc(S(=O)(=O)Nc5nccs5)cc4)C3=O)CC2)cc1C.O=C1[C@@H](N2CCN(c3cccc(F)c3)CC2)CCN1c1ccc(S(=O)(=O)Nc2nccs2)cc1.[HH].[HH].[HH].[HH]. The van der Waals surface area contributed by atoms with Crippen molar-refractivity contribution >= 4 is 87.5 Å². The van der Waals surface area contributed by atoms with Crippen LogP contribution in [0.5, 0.6) is 0 Å². The Morgan fingerprint density at radius 1 is 0.551 bits per heavy atom. The number of anilines is 6. The van der Waals surface area contributed by atoms with E-state index in [0.717, 1.165) is 70.2 Å². The average Bonchev–Trinajstić information content (AvgIpc) is 4.20. The molecule has 6 heterocycles. The second-order valence-corrected chi connectivity index (χ2v) is 22.4. The molecule has 10 rings (SSSR count). The predicted octanol–water partition coefficient (Wildman–Crippen LogP) is 7.48. The lowest BCUT2D eigenvalue weighted by Crippen LogP contribution is -2.52. The first-order chi connectivity index (χ1) is 33.2. The Morgan fingerprint density at radius 3 is 1.39 bits per heavy atom. The number of aromatic nitrogens is 2. The summed E-state index contributed by atoms with van der Waals surface area (Å²) in [5, 5.41) is 4.03. The van der Waals surface area contributed by atoms with Gasteiger partial charge in [-0.1, -0.05) is 12.1 Å². The number of benzene rings is 4. The van der Waals surface area contributed by atoms with Crippen LogP contribution in [0.3, 0.4) is 0 Å². The molecule has 4 fully saturated rings. The van der Waals surface area contributed by atoms with Crippen LogP contribution in [0.4, 0.5) is 37.4 Å². The third-order valence-corrected chi connectivity index (χ3v) is 17.5. The highest BCUT2D eigenvalue weighted by atomic mass is 32.2. The molecule has 2 N–H and O–H groups in total. The second kappa shape index (κ2) is 20.6. The van der Waals surface area contributed by atoms with Gasteiger partial charge in [0.1, 0.15) is 5.82 Å². The fourth-order valence-electron chi connectivity index (χ4n) is 9.20. The van der Waals surface area contributed by atoms with E-state index in [1.54, 1.807) is 57.1 Å². The van der Waals surface area contributed by atoms with Gasteiger partial charge < -0.3 is 19.6 Å². The van der Waals surface area contributed by atoms with Gasteiger partial charge in [-0.3, -0.25) is 28.8 Å². The van der Waals surface area contributed by atoms with Crippen molar-refractivity contribution < 1.29 is 36.5 Å². The molecule has 4 aromatic carbocycles. The van der Waals surface area contributed by atoms with Crippen molar-refractivity contribution in [1.29, 1.82) is 0 Å². The van der Waals surface area contributed by atoms with Gasteiger partial charge in [-0.25, -0.2) is 31.2 Å². The molecule has 16 nitrogen and oxygen atoms in total. The van der Waals surface area contributed by atoms with Crippen LogP contribution in [0.1, 0.15) is 29.7 Å². The normalized spacial score (nSPS) is 19.5. The van der Waals surface area contributed by atoms with E-state index in [1.165, 1.54) is 82.1 Å². The van der Waals surface area contributed by atoms with E-state index in [4.69, 9.17) is 0 Å². The Hall–Kier alpha value is -5.97. The molecule has 2 atom stereocenters. The molecule has 0 bridgehead atoms. The van der Waals surface area contributed by atoms with Gasteiger partial charge in [-0.15, -0.1) is 22.7 Å². The number of aryl methyl sites for hydroxylation is 2. The van der Waals surface area contributed by atoms with E-state index in [1.807, 2.05) is 6.07 Å². The van der Waals surface area contributed by atoms with E-state index >= 15 is 0 Å². The minimum absolute atomic E-state index is 0. The van der Waals surface area contributed by atoms with Crippen LogP contribution in [0.15, 0.2) is 124 Å². The maximum absolute atomic E-state index is 13.5. The number of hydrogen-bond acceptors (Lipinski definition) is 14. The highest BCUT2D eigenvalue weighted by molar-refractivity contribution is 7.93. The number of carbonyl (C=O) groups is 2. The molecule has 21 heteroatoms. The van der Waals surface area contributed by atoms with Crippen LogP contribution >= 0.6 is 22.7 Å². The van der Waals surface area contributed by atoms with Crippen molar-refractivity contribution in [3.05, 3.63) is 131 Å². The van der Waals surface area contributed by atoms with Crippen LogP contribution in [-0.2, 0) is 29.6 Å². The molecule has 69 heavy (non-hydrogen) atoms. The molecule has 370 valence electrons. The number of amides is 2. The topological polar surface area (TPSA) is 172 Å². The van der Waals surface area contributed by atoms with E-state index < -0.39 is 20.0 Å². The summed E-state index contributed by atoms with van der Waals surface area (Å²) >= 11 is 2.42. The van der Waals surface area contributed by atoms with E-state index in [9.17, 15) is 30.8 Å². The molecule has 0 spiro atoms. The maximum Gasteiger partial charge on any atom is 0.263 e. The van der Waals surface area contributed by atoms with Crippen molar-refractivity contribution in [2.24, 2.45) is 0 Å². The van der Waals surface area contributed by atoms with E-state index in [2.05, 4.69) is 71.1 Å². The summed E-state index contributed by atoms with van der Waals surface area (Å²) < 4.78 is 68.7. The zero-order valence-corrected chi connectivity index (χ0v) is 41.4. The monoisotopic (exact) mass is 1020 g/mol. The van der Waals surface area contributed by atoms with Crippen molar-refractivity contribution in [2.45, 2.75) is 48.6 Å². The quantitative estimate of drug-likeness (QED) is 0.124. The first-order valence-corrected chi connectivity index (χ1v) is 27.4. The molecule has 0 unspecified atom stereocenters. The van der Waals surface area contributed by atoms with Gasteiger partial charge in [0, 0.05) is 117 Å². The number of hydrogen-bond donors (Lipinski definition) is 2. The minimum atomic E-state index is -3.74. The van der Waals surface area contributed by atoms with Gasteiger partial charge >= 0.3 is 0 Å². The standard InChI is InChI=1S/C25H29N5O3S2.C23H24FN5O3S2.4H2/c1-18-3-4-21(17-19(18)2)28-12-14-29(15-13-28)23-9-11-30(24(23)31)20-5-7-22(8-6-20)35(32,33)27-25-26-10-16-34-25;24-17-2-1-3-19(16-17)27-11-13-28(14-12-27)21-8-10-29(22(21)30)18-4-6-20(7-5-18)34(31,32)26-23-25-9-15-33-23;;;;/h3-8,10,16-17,23H,9,11-15H2,1-2H3,(H,26,27);1-7,9,15-16,21H,8,10-14H2,(H,25,26);4*1H/t23-;21-;;;;/m00..../s1. The minimum Gasteiger partial charge on any atom is -0.369 e. The summed E-state index contributed by atoms with van der Waals surface area (Å²) in [6, 6.07) is 25.6. The molecular formula is C48H61FN10O6S4. The van der Waals surface area contributed by atoms with Crippen molar-refractivity contribution in [2.75, 3.05) is 94.5 Å². The Bertz CT molecular complexity index is 2990. The number of nitrogens with one attached hydrogen (secondary N) is 2. The summed E-state index contributed by atoms with van der Waals surface area (Å²) in [6.07, 6.45) is 4.56. The summed E-state index contributed by atoms with van der Waals surface area (Å²) in [6.45, 7) is 11.9. The van der Waals surface area contributed by atoms with Crippen molar-refractivity contribution in [1.82, 2.24) is 19.8 Å². The highest BCUT2D eigenvalue weighted by Crippen LogP contribution is 2.31. The van der Waals surface area contributed by atoms with Crippen LogP contribution in [-0.4, -0.2) is 126 Å². The highest BCUT2D eigenvalue weighted by Gasteiger charge is 2.39. The largest absolute Gasteiger partial charge is 0.369 e. The summed E-state index contributed by atoms with van der Waals surface area (Å²) in [5.41, 5.74) is 6.10. The van der Waals surface area contributed by atoms with E-state index in [-0.39, 0.29) is 45.2 Å². The number of thiazole rings is 2. The van der Waals surface area contributed by atoms with Crippen LogP contribution < -0.4 is 29.0 Å². The third kappa shape index (κ3) is 10.9.